The first-order valence-electron chi connectivity index (χ1n) is 10.0. The zero-order valence-electron chi connectivity index (χ0n) is 17.5. The molecule has 2 aliphatic rings. The Bertz CT molecular complexity index is 1120. The first-order chi connectivity index (χ1) is 15.9. The molecule has 172 valence electrons. The van der Waals surface area contributed by atoms with Gasteiger partial charge in [0.1, 0.15) is 29.5 Å². The van der Waals surface area contributed by atoms with Crippen LogP contribution in [0.5, 0.6) is 0 Å². The fourth-order valence-electron chi connectivity index (χ4n) is 3.62. The van der Waals surface area contributed by atoms with Crippen molar-refractivity contribution in [2.75, 3.05) is 11.5 Å². The van der Waals surface area contributed by atoms with E-state index in [4.69, 9.17) is 5.73 Å². The van der Waals surface area contributed by atoms with Crippen LogP contribution in [0, 0.1) is 0 Å². The number of allylic oxidation sites excluding steroid dienone is 1. The highest BCUT2D eigenvalue weighted by Crippen LogP contribution is 2.41. The number of nitrogens with zero attached hydrogens (tertiary/aromatic N) is 4. The van der Waals surface area contributed by atoms with Crippen molar-refractivity contribution in [2.45, 2.75) is 29.2 Å². The van der Waals surface area contributed by atoms with Crippen LogP contribution in [0.2, 0.25) is 0 Å². The topological polar surface area (TPSA) is 143 Å². The Morgan fingerprint density at radius 2 is 2.15 bits per heavy atom. The summed E-state index contributed by atoms with van der Waals surface area (Å²) in [6.07, 6.45) is 3.29. The maximum Gasteiger partial charge on any atom is 0.352 e. The van der Waals surface area contributed by atoms with Gasteiger partial charge in [0.25, 0.3) is 5.91 Å². The van der Waals surface area contributed by atoms with E-state index in [0.717, 1.165) is 0 Å². The summed E-state index contributed by atoms with van der Waals surface area (Å²) in [7, 11) is 0. The molecule has 0 saturated carbocycles. The van der Waals surface area contributed by atoms with Crippen LogP contribution in [0.3, 0.4) is 0 Å². The van der Waals surface area contributed by atoms with Gasteiger partial charge in [0.05, 0.1) is 0 Å². The summed E-state index contributed by atoms with van der Waals surface area (Å²) in [6, 6.07) is 7.10. The lowest BCUT2D eigenvalue weighted by Crippen LogP contribution is -2.71. The van der Waals surface area contributed by atoms with Gasteiger partial charge in [0.15, 0.2) is 5.16 Å². The SMILES string of the molecule is C=CCn1cnnc1SCC1=C(C(=O)O)N2C(=O)C(NC(=O)C(N)c3ccccc3)[C@@H]2SC1. The number of fused-ring (bicyclic) bond motifs is 1. The maximum atomic E-state index is 12.8. The second kappa shape index (κ2) is 9.81. The lowest BCUT2D eigenvalue weighted by atomic mass is 10.0. The number of hydrogen-bond acceptors (Lipinski definition) is 8. The minimum atomic E-state index is -1.18. The van der Waals surface area contributed by atoms with E-state index in [1.54, 1.807) is 41.2 Å². The molecular weight excluding hydrogens is 464 g/mol. The highest BCUT2D eigenvalue weighted by molar-refractivity contribution is 8.01. The molecule has 33 heavy (non-hydrogen) atoms. The summed E-state index contributed by atoms with van der Waals surface area (Å²) in [5, 5.41) is 20.6. The lowest BCUT2D eigenvalue weighted by molar-refractivity contribution is -0.150. The highest BCUT2D eigenvalue weighted by atomic mass is 32.2. The Hall–Kier alpha value is -3.09. The lowest BCUT2D eigenvalue weighted by Gasteiger charge is -2.49. The van der Waals surface area contributed by atoms with Gasteiger partial charge in [0, 0.05) is 18.1 Å². The van der Waals surface area contributed by atoms with Gasteiger partial charge in [-0.2, -0.15) is 0 Å². The number of hydrogen-bond donors (Lipinski definition) is 3. The van der Waals surface area contributed by atoms with E-state index in [-0.39, 0.29) is 5.70 Å². The Morgan fingerprint density at radius 1 is 1.39 bits per heavy atom. The van der Waals surface area contributed by atoms with Gasteiger partial charge < -0.3 is 20.7 Å². The second-order valence-electron chi connectivity index (χ2n) is 7.38. The molecule has 0 spiro atoms. The summed E-state index contributed by atoms with van der Waals surface area (Å²) in [4.78, 5) is 38.7. The number of aliphatic carboxylic acids is 1. The van der Waals surface area contributed by atoms with E-state index >= 15 is 0 Å². The number of benzene rings is 1. The molecule has 2 unspecified atom stereocenters. The maximum absolute atomic E-state index is 12.8. The van der Waals surface area contributed by atoms with Crippen molar-refractivity contribution in [3.8, 4) is 0 Å². The molecule has 1 fully saturated rings. The molecule has 1 aromatic heterocycles. The van der Waals surface area contributed by atoms with Crippen molar-refractivity contribution in [2.24, 2.45) is 5.73 Å². The average Bonchev–Trinajstić information content (AvgIpc) is 3.27. The number of nitrogens with two attached hydrogens (primary N) is 1. The molecule has 4 N–H and O–H groups in total. The Kier molecular flexibility index (Phi) is 6.86. The number of carboxylic acids is 1. The van der Waals surface area contributed by atoms with Crippen LogP contribution in [0.1, 0.15) is 11.6 Å². The average molecular weight is 487 g/mol. The second-order valence-corrected chi connectivity index (χ2v) is 9.43. The van der Waals surface area contributed by atoms with Crippen molar-refractivity contribution in [1.29, 1.82) is 0 Å². The van der Waals surface area contributed by atoms with Crippen molar-refractivity contribution >= 4 is 41.3 Å². The normalized spacial score (nSPS) is 20.6. The first-order valence-corrected chi connectivity index (χ1v) is 12.1. The standard InChI is InChI=1S/C21H22N6O4S2/c1-2-8-26-11-23-25-21(26)33-10-13-9-32-19-15(18(29)27(19)16(13)20(30)31)24-17(28)14(22)12-6-4-3-5-7-12/h2-7,11,14-15,19H,1,8-10,22H2,(H,24,28)(H,30,31)/t14?,15?,19-/m0/s1. The summed E-state index contributed by atoms with van der Waals surface area (Å²) in [6.45, 7) is 4.23. The number of aromatic nitrogens is 3. The number of carbonyl (C=O) groups excluding carboxylic acids is 2. The van der Waals surface area contributed by atoms with Gasteiger partial charge in [-0.1, -0.05) is 48.2 Å². The van der Waals surface area contributed by atoms with E-state index in [1.807, 2.05) is 6.07 Å². The van der Waals surface area contributed by atoms with Crippen LogP contribution in [0.25, 0.3) is 0 Å². The van der Waals surface area contributed by atoms with E-state index < -0.39 is 35.2 Å². The Labute approximate surface area is 198 Å². The van der Waals surface area contributed by atoms with E-state index in [2.05, 4.69) is 22.1 Å². The molecule has 2 amide bonds. The van der Waals surface area contributed by atoms with Crippen molar-refractivity contribution in [3.05, 3.63) is 66.1 Å². The number of carbonyl (C=O) groups is 3. The van der Waals surface area contributed by atoms with E-state index in [9.17, 15) is 19.5 Å². The quantitative estimate of drug-likeness (QED) is 0.269. The fraction of sp³-hybridized carbons (Fsp3) is 0.286. The van der Waals surface area contributed by atoms with Crippen LogP contribution in [0.4, 0.5) is 0 Å². The molecule has 12 heteroatoms. The van der Waals surface area contributed by atoms with Crippen LogP contribution in [-0.4, -0.2) is 65.5 Å². The number of carboxylic acid groups (broad SMARTS) is 1. The van der Waals surface area contributed by atoms with E-state index in [1.165, 1.54) is 28.4 Å². The zero-order valence-corrected chi connectivity index (χ0v) is 19.1. The molecule has 0 aliphatic carbocycles. The van der Waals surface area contributed by atoms with Crippen molar-refractivity contribution in [1.82, 2.24) is 25.0 Å². The third-order valence-corrected chi connectivity index (χ3v) is 7.68. The Balaban J connectivity index is 1.45. The number of nitrogens with one attached hydrogen (secondary N) is 1. The minimum Gasteiger partial charge on any atom is -0.477 e. The van der Waals surface area contributed by atoms with E-state index in [0.29, 0.717) is 34.3 Å². The summed E-state index contributed by atoms with van der Waals surface area (Å²) < 4.78 is 1.80. The molecule has 3 heterocycles. The zero-order chi connectivity index (χ0) is 23.5. The fourth-order valence-corrected chi connectivity index (χ4v) is 6.03. The van der Waals surface area contributed by atoms with Crippen molar-refractivity contribution in [3.63, 3.8) is 0 Å². The monoisotopic (exact) mass is 486 g/mol. The predicted molar refractivity (Wildman–Crippen MR) is 124 cm³/mol. The number of amides is 2. The van der Waals surface area contributed by atoms with Crippen LogP contribution in [-0.2, 0) is 20.9 Å². The molecule has 2 aliphatic heterocycles. The number of β-lactam (4-membered cyclic amide) rings is 1. The minimum absolute atomic E-state index is 0.0381. The molecule has 1 aromatic carbocycles. The molecule has 0 radical (unpaired) electrons. The molecule has 1 saturated heterocycles. The molecule has 10 nitrogen and oxygen atoms in total. The van der Waals surface area contributed by atoms with Gasteiger partial charge in [-0.15, -0.1) is 28.5 Å². The van der Waals surface area contributed by atoms with Gasteiger partial charge in [-0.25, -0.2) is 4.79 Å². The van der Waals surface area contributed by atoms with Crippen LogP contribution >= 0.6 is 23.5 Å². The molecule has 3 atom stereocenters. The van der Waals surface area contributed by atoms with Crippen LogP contribution in [0.15, 0.2) is 65.7 Å². The van der Waals surface area contributed by atoms with Crippen LogP contribution < -0.4 is 11.1 Å². The molecular formula is C21H22N6O4S2. The third kappa shape index (κ3) is 4.54. The first kappa shape index (κ1) is 23.1. The van der Waals surface area contributed by atoms with Gasteiger partial charge in [-0.05, 0) is 11.1 Å². The smallest absolute Gasteiger partial charge is 0.352 e. The summed E-state index contributed by atoms with van der Waals surface area (Å²) in [5.41, 5.74) is 7.23. The van der Waals surface area contributed by atoms with Crippen molar-refractivity contribution < 1.29 is 19.5 Å². The third-order valence-electron chi connectivity index (χ3n) is 5.27. The summed E-state index contributed by atoms with van der Waals surface area (Å²) in [5.74, 6) is -1.37. The highest BCUT2D eigenvalue weighted by Gasteiger charge is 2.54. The van der Waals surface area contributed by atoms with Gasteiger partial charge in [0.2, 0.25) is 5.91 Å². The van der Waals surface area contributed by atoms with Gasteiger partial charge in [-0.3, -0.25) is 14.5 Å². The summed E-state index contributed by atoms with van der Waals surface area (Å²) >= 11 is 2.76. The largest absolute Gasteiger partial charge is 0.477 e. The number of rotatable bonds is 9. The molecule has 2 aromatic rings. The number of thioether (sulfide) groups is 2. The molecule has 0 bridgehead atoms. The molecule has 4 rings (SSSR count). The Morgan fingerprint density at radius 3 is 2.85 bits per heavy atom. The predicted octanol–water partition coefficient (Wildman–Crippen LogP) is 0.995. The van der Waals surface area contributed by atoms with Gasteiger partial charge >= 0.3 is 5.97 Å².